The van der Waals surface area contributed by atoms with E-state index in [1.165, 1.54) is 0 Å². The average Bonchev–Trinajstić information content (AvgIpc) is 2.92. The van der Waals surface area contributed by atoms with Gasteiger partial charge in [-0.25, -0.2) is 8.42 Å². The molecule has 0 N–H and O–H groups in total. The maximum atomic E-state index is 13.0. The Morgan fingerprint density at radius 2 is 1.80 bits per heavy atom. The fourth-order valence-corrected chi connectivity index (χ4v) is 5.05. The van der Waals surface area contributed by atoms with Gasteiger partial charge in [-0.15, -0.1) is 0 Å². The molecule has 4 nitrogen and oxygen atoms in total. The summed E-state index contributed by atoms with van der Waals surface area (Å²) in [4.78, 5) is 14.6. The summed E-state index contributed by atoms with van der Waals surface area (Å²) in [5.41, 5.74) is 1.34. The maximum absolute atomic E-state index is 13.0. The van der Waals surface area contributed by atoms with Crippen LogP contribution in [-0.2, 0) is 16.4 Å². The van der Waals surface area contributed by atoms with Crippen LogP contribution in [0, 0.1) is 0 Å². The van der Waals surface area contributed by atoms with Gasteiger partial charge in [0.1, 0.15) is 0 Å². The lowest BCUT2D eigenvalue weighted by atomic mass is 10.1. The number of hydrogen-bond donors (Lipinski definition) is 0. The predicted molar refractivity (Wildman–Crippen MR) is 99.8 cm³/mol. The molecular formula is C18H17Cl2NO3S. The Balaban J connectivity index is 1.91. The van der Waals surface area contributed by atoms with Crippen LogP contribution in [0.2, 0.25) is 10.0 Å². The molecular weight excluding hydrogens is 381 g/mol. The molecule has 2 aromatic carbocycles. The first kappa shape index (κ1) is 18.2. The van der Waals surface area contributed by atoms with E-state index in [-0.39, 0.29) is 23.5 Å². The molecule has 7 heteroatoms. The lowest BCUT2D eigenvalue weighted by molar-refractivity contribution is 0.0681. The van der Waals surface area contributed by atoms with E-state index >= 15 is 0 Å². The summed E-state index contributed by atoms with van der Waals surface area (Å²) in [6.07, 6.45) is 0.447. The average molecular weight is 398 g/mol. The van der Waals surface area contributed by atoms with E-state index in [0.29, 0.717) is 28.6 Å². The van der Waals surface area contributed by atoms with Gasteiger partial charge < -0.3 is 4.90 Å². The van der Waals surface area contributed by atoms with Gasteiger partial charge in [-0.05, 0) is 48.4 Å². The Morgan fingerprint density at radius 1 is 1.08 bits per heavy atom. The second-order valence-electron chi connectivity index (χ2n) is 6.13. The van der Waals surface area contributed by atoms with Gasteiger partial charge in [-0.1, -0.05) is 35.3 Å². The molecule has 1 atom stereocenters. The van der Waals surface area contributed by atoms with Crippen molar-refractivity contribution in [1.82, 2.24) is 4.90 Å². The van der Waals surface area contributed by atoms with Crippen LogP contribution >= 0.6 is 23.2 Å². The Morgan fingerprint density at radius 3 is 2.40 bits per heavy atom. The van der Waals surface area contributed by atoms with Crippen LogP contribution in [-0.4, -0.2) is 36.8 Å². The molecule has 1 fully saturated rings. The van der Waals surface area contributed by atoms with Crippen molar-refractivity contribution in [3.8, 4) is 0 Å². The second-order valence-corrected chi connectivity index (χ2v) is 9.23. The second kappa shape index (κ2) is 7.36. The summed E-state index contributed by atoms with van der Waals surface area (Å²) in [5, 5.41) is 1.12. The number of nitrogens with zero attached hydrogens (tertiary/aromatic N) is 1. The van der Waals surface area contributed by atoms with E-state index in [0.717, 1.165) is 5.56 Å². The summed E-state index contributed by atoms with van der Waals surface area (Å²) in [5.74, 6) is -0.108. The predicted octanol–water partition coefficient (Wildman–Crippen LogP) is 3.82. The van der Waals surface area contributed by atoms with Crippen molar-refractivity contribution in [3.05, 3.63) is 69.7 Å². The Hall–Kier alpha value is -1.56. The van der Waals surface area contributed by atoms with E-state index in [2.05, 4.69) is 0 Å². The number of hydrogen-bond acceptors (Lipinski definition) is 3. The van der Waals surface area contributed by atoms with Gasteiger partial charge in [-0.2, -0.15) is 0 Å². The number of benzene rings is 2. The summed E-state index contributed by atoms with van der Waals surface area (Å²) < 4.78 is 23.8. The molecule has 1 saturated heterocycles. The van der Waals surface area contributed by atoms with Gasteiger partial charge in [0.15, 0.2) is 9.84 Å². The van der Waals surface area contributed by atoms with E-state index < -0.39 is 9.84 Å². The topological polar surface area (TPSA) is 54.5 Å². The fourth-order valence-electron chi connectivity index (χ4n) is 2.98. The molecule has 0 aliphatic carbocycles. The van der Waals surface area contributed by atoms with Crippen LogP contribution in [0.4, 0.5) is 0 Å². The zero-order chi connectivity index (χ0) is 18.0. The molecule has 1 amide bonds. The number of rotatable bonds is 4. The standard InChI is InChI=1S/C18H17Cl2NO3S/c19-15-6-4-14(5-7-15)18(22)21(17-8-9-25(23,24)12-17)11-13-2-1-3-16(20)10-13/h1-7,10,17H,8-9,11-12H2. The number of carbonyl (C=O) groups is 1. The van der Waals surface area contributed by atoms with Gasteiger partial charge in [0, 0.05) is 28.2 Å². The van der Waals surface area contributed by atoms with Crippen LogP contribution in [0.3, 0.4) is 0 Å². The zero-order valence-corrected chi connectivity index (χ0v) is 15.7. The third-order valence-electron chi connectivity index (χ3n) is 4.24. The van der Waals surface area contributed by atoms with Crippen molar-refractivity contribution in [2.75, 3.05) is 11.5 Å². The van der Waals surface area contributed by atoms with E-state index in [1.54, 1.807) is 41.3 Å². The van der Waals surface area contributed by atoms with Crippen LogP contribution < -0.4 is 0 Å². The first-order valence-electron chi connectivity index (χ1n) is 7.85. The van der Waals surface area contributed by atoms with Gasteiger partial charge in [0.25, 0.3) is 5.91 Å². The van der Waals surface area contributed by atoms with Crippen molar-refractivity contribution in [2.24, 2.45) is 0 Å². The molecule has 1 heterocycles. The molecule has 1 aliphatic heterocycles. The normalized spacial score (nSPS) is 18.9. The summed E-state index contributed by atoms with van der Waals surface area (Å²) in [6.45, 7) is 0.308. The Bertz CT molecular complexity index is 881. The number of sulfone groups is 1. The number of amides is 1. The van der Waals surface area contributed by atoms with E-state index in [4.69, 9.17) is 23.2 Å². The molecule has 1 unspecified atom stereocenters. The minimum atomic E-state index is -3.10. The van der Waals surface area contributed by atoms with Crippen LogP contribution in [0.5, 0.6) is 0 Å². The van der Waals surface area contributed by atoms with Crippen LogP contribution in [0.1, 0.15) is 22.3 Å². The highest BCUT2D eigenvalue weighted by molar-refractivity contribution is 7.91. The third-order valence-corrected chi connectivity index (χ3v) is 6.48. The summed E-state index contributed by atoms with van der Waals surface area (Å²) in [6, 6.07) is 13.5. The highest BCUT2D eigenvalue weighted by Gasteiger charge is 2.35. The highest BCUT2D eigenvalue weighted by Crippen LogP contribution is 2.24. The molecule has 2 aromatic rings. The third kappa shape index (κ3) is 4.54. The van der Waals surface area contributed by atoms with Gasteiger partial charge >= 0.3 is 0 Å². The SMILES string of the molecule is O=C(c1ccc(Cl)cc1)N(Cc1cccc(Cl)c1)C1CCS(=O)(=O)C1. The maximum Gasteiger partial charge on any atom is 0.254 e. The summed E-state index contributed by atoms with van der Waals surface area (Å²) in [7, 11) is -3.10. The van der Waals surface area contributed by atoms with E-state index in [1.807, 2.05) is 12.1 Å². The molecule has 132 valence electrons. The Kier molecular flexibility index (Phi) is 5.37. The molecule has 1 aliphatic rings. The smallest absolute Gasteiger partial charge is 0.254 e. The Labute approximate surface area is 157 Å². The fraction of sp³-hybridized carbons (Fsp3) is 0.278. The molecule has 0 radical (unpaired) electrons. The minimum absolute atomic E-state index is 0.00705. The first-order chi connectivity index (χ1) is 11.8. The highest BCUT2D eigenvalue weighted by atomic mass is 35.5. The largest absolute Gasteiger partial charge is 0.330 e. The quantitative estimate of drug-likeness (QED) is 0.787. The van der Waals surface area contributed by atoms with Crippen molar-refractivity contribution in [3.63, 3.8) is 0 Å². The van der Waals surface area contributed by atoms with Crippen molar-refractivity contribution < 1.29 is 13.2 Å². The van der Waals surface area contributed by atoms with Gasteiger partial charge in [-0.3, -0.25) is 4.79 Å². The molecule has 25 heavy (non-hydrogen) atoms. The molecule has 0 aromatic heterocycles. The molecule has 3 rings (SSSR count). The lowest BCUT2D eigenvalue weighted by Crippen LogP contribution is -2.40. The lowest BCUT2D eigenvalue weighted by Gasteiger charge is -2.28. The van der Waals surface area contributed by atoms with Crippen LogP contribution in [0.15, 0.2) is 48.5 Å². The monoisotopic (exact) mass is 397 g/mol. The number of halogens is 2. The van der Waals surface area contributed by atoms with Gasteiger partial charge in [0.2, 0.25) is 0 Å². The van der Waals surface area contributed by atoms with Crippen LogP contribution in [0.25, 0.3) is 0 Å². The minimum Gasteiger partial charge on any atom is -0.330 e. The summed E-state index contributed by atoms with van der Waals surface area (Å²) >= 11 is 11.9. The van der Waals surface area contributed by atoms with Gasteiger partial charge in [0.05, 0.1) is 11.5 Å². The van der Waals surface area contributed by atoms with Crippen molar-refractivity contribution >= 4 is 38.9 Å². The zero-order valence-electron chi connectivity index (χ0n) is 13.4. The first-order valence-corrected chi connectivity index (χ1v) is 10.4. The molecule has 0 spiro atoms. The van der Waals surface area contributed by atoms with Crippen molar-refractivity contribution in [1.29, 1.82) is 0 Å². The van der Waals surface area contributed by atoms with Crippen molar-refractivity contribution in [2.45, 2.75) is 19.0 Å². The molecule has 0 bridgehead atoms. The molecule has 0 saturated carbocycles. The number of carbonyl (C=O) groups excluding carboxylic acids is 1. The van der Waals surface area contributed by atoms with E-state index in [9.17, 15) is 13.2 Å².